The number of nitrogens with zero attached hydrogens (tertiary/aromatic N) is 1. The highest BCUT2D eigenvalue weighted by atomic mass is 16.5. The van der Waals surface area contributed by atoms with Crippen molar-refractivity contribution in [1.29, 1.82) is 0 Å². The van der Waals surface area contributed by atoms with E-state index in [1.165, 1.54) is 0 Å². The van der Waals surface area contributed by atoms with Gasteiger partial charge in [0.05, 0.1) is 25.3 Å². The van der Waals surface area contributed by atoms with Gasteiger partial charge >= 0.3 is 5.97 Å². The molecule has 0 saturated carbocycles. The third-order valence-electron chi connectivity index (χ3n) is 3.81. The minimum atomic E-state index is -0.940. The maximum Gasteiger partial charge on any atom is 0.337 e. The van der Waals surface area contributed by atoms with Gasteiger partial charge in [-0.1, -0.05) is 12.1 Å². The van der Waals surface area contributed by atoms with Gasteiger partial charge in [0.25, 0.3) is 0 Å². The molecule has 2 aromatic carbocycles. The number of aromatic nitrogens is 1. The lowest BCUT2D eigenvalue weighted by Crippen LogP contribution is -1.99. The van der Waals surface area contributed by atoms with E-state index in [-0.39, 0.29) is 5.56 Å². The second kappa shape index (κ2) is 6.04. The first-order chi connectivity index (χ1) is 11.1. The average Bonchev–Trinajstić information content (AvgIpc) is 2.93. The van der Waals surface area contributed by atoms with Crippen LogP contribution in [0.2, 0.25) is 0 Å². The van der Waals surface area contributed by atoms with Gasteiger partial charge in [0.15, 0.2) is 0 Å². The molecule has 3 aromatic rings. The largest absolute Gasteiger partial charge is 0.497 e. The molecule has 0 amide bonds. The van der Waals surface area contributed by atoms with Gasteiger partial charge in [-0.3, -0.25) is 0 Å². The third-order valence-corrected chi connectivity index (χ3v) is 3.81. The van der Waals surface area contributed by atoms with Crippen LogP contribution in [-0.2, 0) is 6.54 Å². The molecule has 0 unspecified atom stereocenters. The molecule has 3 rings (SSSR count). The SMILES string of the molecule is COc1cccc(Cn2cc(C(=O)O)c3ccc(OC)cc32)c1. The first kappa shape index (κ1) is 15.0. The van der Waals surface area contributed by atoms with Crippen molar-refractivity contribution in [2.45, 2.75) is 6.54 Å². The second-order valence-electron chi connectivity index (χ2n) is 5.21. The van der Waals surface area contributed by atoms with Crippen LogP contribution in [0, 0.1) is 0 Å². The zero-order valence-electron chi connectivity index (χ0n) is 12.9. The lowest BCUT2D eigenvalue weighted by Gasteiger charge is -2.08. The molecule has 0 aliphatic rings. The molecule has 23 heavy (non-hydrogen) atoms. The Morgan fingerprint density at radius 2 is 1.83 bits per heavy atom. The fourth-order valence-corrected chi connectivity index (χ4v) is 2.67. The molecule has 0 saturated heterocycles. The van der Waals surface area contributed by atoms with Crippen molar-refractivity contribution < 1.29 is 19.4 Å². The molecule has 1 heterocycles. The maximum absolute atomic E-state index is 11.5. The Bertz CT molecular complexity index is 867. The van der Waals surface area contributed by atoms with E-state index in [0.717, 1.165) is 16.8 Å². The number of ether oxygens (including phenoxy) is 2. The van der Waals surface area contributed by atoms with Crippen molar-refractivity contribution in [2.75, 3.05) is 14.2 Å². The number of fused-ring (bicyclic) bond motifs is 1. The Labute approximate surface area is 133 Å². The summed E-state index contributed by atoms with van der Waals surface area (Å²) in [5.41, 5.74) is 2.14. The molecular formula is C18H17NO4. The highest BCUT2D eigenvalue weighted by Gasteiger charge is 2.15. The van der Waals surface area contributed by atoms with Crippen LogP contribution < -0.4 is 9.47 Å². The number of aromatic carboxylic acids is 1. The number of carboxylic acid groups (broad SMARTS) is 1. The Kier molecular flexibility index (Phi) is 3.93. The van der Waals surface area contributed by atoms with E-state index >= 15 is 0 Å². The summed E-state index contributed by atoms with van der Waals surface area (Å²) in [6, 6.07) is 13.1. The van der Waals surface area contributed by atoms with Crippen molar-refractivity contribution >= 4 is 16.9 Å². The van der Waals surface area contributed by atoms with Gasteiger partial charge in [0, 0.05) is 24.2 Å². The van der Waals surface area contributed by atoms with Gasteiger partial charge in [0.2, 0.25) is 0 Å². The molecule has 0 aliphatic carbocycles. The van der Waals surface area contributed by atoms with Crippen LogP contribution in [0.15, 0.2) is 48.7 Å². The van der Waals surface area contributed by atoms with Crippen LogP contribution >= 0.6 is 0 Å². The number of carbonyl (C=O) groups is 1. The molecule has 118 valence electrons. The van der Waals surface area contributed by atoms with Crippen molar-refractivity contribution in [3.8, 4) is 11.5 Å². The smallest absolute Gasteiger partial charge is 0.337 e. The predicted octanol–water partition coefficient (Wildman–Crippen LogP) is 3.41. The summed E-state index contributed by atoms with van der Waals surface area (Å²) < 4.78 is 12.4. The Morgan fingerprint density at radius 1 is 1.09 bits per heavy atom. The Balaban J connectivity index is 2.10. The number of hydrogen-bond acceptors (Lipinski definition) is 3. The minimum Gasteiger partial charge on any atom is -0.497 e. The van der Waals surface area contributed by atoms with E-state index in [0.29, 0.717) is 17.7 Å². The molecule has 1 N–H and O–H groups in total. The second-order valence-corrected chi connectivity index (χ2v) is 5.21. The monoisotopic (exact) mass is 311 g/mol. The van der Waals surface area contributed by atoms with Crippen molar-refractivity contribution in [3.63, 3.8) is 0 Å². The summed E-state index contributed by atoms with van der Waals surface area (Å²) in [5.74, 6) is 0.527. The molecule has 5 nitrogen and oxygen atoms in total. The first-order valence-corrected chi connectivity index (χ1v) is 7.15. The standard InChI is InChI=1S/C18H17NO4/c1-22-13-5-3-4-12(8-13)10-19-11-16(18(20)21)15-7-6-14(23-2)9-17(15)19/h3-9,11H,10H2,1-2H3,(H,20,21). The highest BCUT2D eigenvalue weighted by molar-refractivity contribution is 6.03. The van der Waals surface area contributed by atoms with E-state index in [4.69, 9.17) is 9.47 Å². The van der Waals surface area contributed by atoms with Crippen LogP contribution in [0.5, 0.6) is 11.5 Å². The Hall–Kier alpha value is -2.95. The highest BCUT2D eigenvalue weighted by Crippen LogP contribution is 2.27. The number of hydrogen-bond donors (Lipinski definition) is 1. The zero-order chi connectivity index (χ0) is 16.4. The normalized spacial score (nSPS) is 10.7. The van der Waals surface area contributed by atoms with Crippen molar-refractivity contribution in [2.24, 2.45) is 0 Å². The molecule has 1 aromatic heterocycles. The zero-order valence-corrected chi connectivity index (χ0v) is 12.9. The maximum atomic E-state index is 11.5. The lowest BCUT2D eigenvalue weighted by molar-refractivity contribution is 0.0699. The predicted molar refractivity (Wildman–Crippen MR) is 87.5 cm³/mol. The van der Waals surface area contributed by atoms with E-state index in [9.17, 15) is 9.90 Å². The first-order valence-electron chi connectivity index (χ1n) is 7.15. The summed E-state index contributed by atoms with van der Waals surface area (Å²) in [6.45, 7) is 0.550. The Morgan fingerprint density at radius 3 is 2.52 bits per heavy atom. The number of carboxylic acids is 1. The van der Waals surface area contributed by atoms with E-state index in [1.807, 2.05) is 34.9 Å². The molecule has 0 spiro atoms. The lowest BCUT2D eigenvalue weighted by atomic mass is 10.1. The topological polar surface area (TPSA) is 60.7 Å². The van der Waals surface area contributed by atoms with E-state index in [2.05, 4.69) is 0 Å². The summed E-state index contributed by atoms with van der Waals surface area (Å²) >= 11 is 0. The van der Waals surface area contributed by atoms with Crippen LogP contribution in [0.25, 0.3) is 10.9 Å². The van der Waals surface area contributed by atoms with Crippen molar-refractivity contribution in [3.05, 3.63) is 59.8 Å². The van der Waals surface area contributed by atoms with Gasteiger partial charge < -0.3 is 19.1 Å². The molecule has 0 radical (unpaired) electrons. The van der Waals surface area contributed by atoms with Gasteiger partial charge in [-0.05, 0) is 29.8 Å². The average molecular weight is 311 g/mol. The van der Waals surface area contributed by atoms with Gasteiger partial charge in [-0.2, -0.15) is 0 Å². The van der Waals surface area contributed by atoms with Gasteiger partial charge in [-0.25, -0.2) is 4.79 Å². The quantitative estimate of drug-likeness (QED) is 0.784. The molecule has 0 atom stereocenters. The van der Waals surface area contributed by atoms with Crippen LogP contribution in [0.4, 0.5) is 0 Å². The molecule has 0 bridgehead atoms. The summed E-state index contributed by atoms with van der Waals surface area (Å²) in [6.07, 6.45) is 1.66. The van der Waals surface area contributed by atoms with Crippen LogP contribution in [-0.4, -0.2) is 29.9 Å². The van der Waals surface area contributed by atoms with E-state index < -0.39 is 5.97 Å². The van der Waals surface area contributed by atoms with Gasteiger partial charge in [0.1, 0.15) is 11.5 Å². The molecule has 5 heteroatoms. The fraction of sp³-hybridized carbons (Fsp3) is 0.167. The third kappa shape index (κ3) is 2.85. The molecule has 0 aliphatic heterocycles. The fourth-order valence-electron chi connectivity index (χ4n) is 2.67. The summed E-state index contributed by atoms with van der Waals surface area (Å²) in [4.78, 5) is 11.5. The molecule has 0 fully saturated rings. The minimum absolute atomic E-state index is 0.283. The number of benzene rings is 2. The molecular weight excluding hydrogens is 294 g/mol. The van der Waals surface area contributed by atoms with Crippen LogP contribution in [0.3, 0.4) is 0 Å². The van der Waals surface area contributed by atoms with E-state index in [1.54, 1.807) is 32.5 Å². The van der Waals surface area contributed by atoms with Crippen LogP contribution in [0.1, 0.15) is 15.9 Å². The van der Waals surface area contributed by atoms with Gasteiger partial charge in [-0.15, -0.1) is 0 Å². The summed E-state index contributed by atoms with van der Waals surface area (Å²) in [7, 11) is 3.21. The summed E-state index contributed by atoms with van der Waals surface area (Å²) in [5, 5.41) is 10.1. The number of methoxy groups -OCH3 is 2. The number of rotatable bonds is 5. The van der Waals surface area contributed by atoms with Crippen molar-refractivity contribution in [1.82, 2.24) is 4.57 Å².